The Morgan fingerprint density at radius 1 is 1.09 bits per heavy atom. The van der Waals surface area contributed by atoms with Crippen LogP contribution in [0.25, 0.3) is 11.0 Å². The van der Waals surface area contributed by atoms with Gasteiger partial charge < -0.3 is 18.6 Å². The van der Waals surface area contributed by atoms with E-state index in [1.807, 2.05) is 19.1 Å². The highest BCUT2D eigenvalue weighted by Gasteiger charge is 2.15. The molecule has 0 saturated carbocycles. The van der Waals surface area contributed by atoms with Crippen LogP contribution in [-0.4, -0.2) is 37.9 Å². The van der Waals surface area contributed by atoms with Crippen LogP contribution in [0.5, 0.6) is 11.5 Å². The third kappa shape index (κ3) is 6.70. The van der Waals surface area contributed by atoms with Crippen molar-refractivity contribution in [1.29, 1.82) is 0 Å². The fraction of sp³-hybridized carbons (Fsp3) is 0.227. The summed E-state index contributed by atoms with van der Waals surface area (Å²) < 4.78 is 24.1. The van der Waals surface area contributed by atoms with Gasteiger partial charge in [-0.2, -0.15) is 5.10 Å². The molecule has 11 heteroatoms. The van der Waals surface area contributed by atoms with Crippen molar-refractivity contribution in [2.75, 3.05) is 19.8 Å². The number of nitrogens with one attached hydrogen (secondary N) is 1. The van der Waals surface area contributed by atoms with Crippen LogP contribution in [0.3, 0.4) is 0 Å². The molecule has 1 heterocycles. The van der Waals surface area contributed by atoms with E-state index in [2.05, 4.69) is 65.0 Å². The monoisotopic (exact) mass is 692 g/mol. The summed E-state index contributed by atoms with van der Waals surface area (Å²) in [7, 11) is 0. The number of fused-ring (bicyclic) bond motifs is 1. The fourth-order valence-electron chi connectivity index (χ4n) is 2.77. The van der Waals surface area contributed by atoms with Crippen LogP contribution in [-0.2, 0) is 9.53 Å². The lowest BCUT2D eigenvalue weighted by atomic mass is 10.2. The summed E-state index contributed by atoms with van der Waals surface area (Å²) in [4.78, 5) is 24.1. The molecule has 0 aliphatic heterocycles. The number of furan rings is 1. The van der Waals surface area contributed by atoms with Crippen molar-refractivity contribution < 1.29 is 28.2 Å². The van der Waals surface area contributed by atoms with E-state index in [1.165, 1.54) is 6.21 Å². The van der Waals surface area contributed by atoms with Gasteiger partial charge in [-0.1, -0.05) is 15.9 Å². The molecular weight excluding hydrogens is 675 g/mol. The van der Waals surface area contributed by atoms with Gasteiger partial charge in [-0.3, -0.25) is 4.79 Å². The van der Waals surface area contributed by atoms with Gasteiger partial charge in [0.1, 0.15) is 5.58 Å². The number of hydrazone groups is 1. The minimum Gasteiger partial charge on any atom is -0.490 e. The van der Waals surface area contributed by atoms with E-state index in [9.17, 15) is 9.59 Å². The Morgan fingerprint density at radius 3 is 2.58 bits per heavy atom. The van der Waals surface area contributed by atoms with Crippen LogP contribution in [0.2, 0.25) is 0 Å². The van der Waals surface area contributed by atoms with Gasteiger partial charge >= 0.3 is 11.9 Å². The number of nitrogens with zero attached hydrogens (tertiary/aromatic N) is 1. The topological polar surface area (TPSA) is 99.4 Å². The molecule has 33 heavy (non-hydrogen) atoms. The molecule has 1 N–H and O–H groups in total. The molecule has 1 amide bonds. The van der Waals surface area contributed by atoms with Gasteiger partial charge in [0, 0.05) is 19.9 Å². The number of amides is 1. The molecule has 2 aromatic carbocycles. The third-order valence-corrected chi connectivity index (χ3v) is 6.09. The Kier molecular flexibility index (Phi) is 9.15. The summed E-state index contributed by atoms with van der Waals surface area (Å²) in [5.74, 6) is -0.00636. The molecule has 0 saturated heterocycles. The highest BCUT2D eigenvalue weighted by atomic mass is 127. The van der Waals surface area contributed by atoms with Gasteiger partial charge in [-0.25, -0.2) is 10.2 Å². The Labute approximate surface area is 220 Å². The summed E-state index contributed by atoms with van der Waals surface area (Å²) in [6.07, 6.45) is 1.46. The summed E-state index contributed by atoms with van der Waals surface area (Å²) in [6.45, 7) is 3.98. The number of rotatable bonds is 9. The number of ether oxygens (including phenoxy) is 3. The summed E-state index contributed by atoms with van der Waals surface area (Å²) >= 11 is 9.02. The van der Waals surface area contributed by atoms with Crippen molar-refractivity contribution in [3.63, 3.8) is 0 Å². The maximum absolute atomic E-state index is 12.5. The largest absolute Gasteiger partial charge is 0.490 e. The normalized spacial score (nSPS) is 11.1. The molecule has 3 rings (SSSR count). The highest BCUT2D eigenvalue weighted by Crippen LogP contribution is 2.33. The first kappa shape index (κ1) is 25.5. The van der Waals surface area contributed by atoms with E-state index >= 15 is 0 Å². The number of hydrogen-bond donors (Lipinski definition) is 1. The molecule has 0 aliphatic rings. The Morgan fingerprint density at radius 2 is 1.85 bits per heavy atom. The standard InChI is InChI=1S/C22H19Br2IN2O6/c1-3-30-17-7-13(15(24)9-18(17)32-11-20(28)31-4-2)10-26-27-22(29)19-6-12-5-14(23)8-16(25)21(12)33-19/h5-10H,3-4,11H2,1-2H3,(H,27,29)/b26-10-. The first-order chi connectivity index (χ1) is 15.8. The molecule has 1 aromatic heterocycles. The van der Waals surface area contributed by atoms with Crippen LogP contribution in [0.4, 0.5) is 0 Å². The number of carbonyl (C=O) groups excluding carboxylic acids is 2. The Bertz CT molecular complexity index is 1210. The highest BCUT2D eigenvalue weighted by molar-refractivity contribution is 14.1. The average molecular weight is 694 g/mol. The Balaban J connectivity index is 1.73. The SMILES string of the molecule is CCOC(=O)COc1cc(Br)c(/C=N\NC(=O)c2cc3cc(Br)cc(I)c3o2)cc1OCC. The zero-order chi connectivity index (χ0) is 24.0. The second kappa shape index (κ2) is 11.8. The maximum atomic E-state index is 12.5. The molecule has 0 unspecified atom stereocenters. The summed E-state index contributed by atoms with van der Waals surface area (Å²) in [5, 5.41) is 4.83. The first-order valence-corrected chi connectivity index (χ1v) is 12.5. The first-order valence-electron chi connectivity index (χ1n) is 9.79. The number of halogens is 3. The predicted molar refractivity (Wildman–Crippen MR) is 139 cm³/mol. The Hall–Kier alpha value is -2.12. The van der Waals surface area contributed by atoms with Gasteiger partial charge in [0.2, 0.25) is 0 Å². The number of benzene rings is 2. The van der Waals surface area contributed by atoms with E-state index in [1.54, 1.807) is 25.1 Å². The number of hydrogen-bond acceptors (Lipinski definition) is 7. The van der Waals surface area contributed by atoms with Crippen molar-refractivity contribution in [3.8, 4) is 11.5 Å². The van der Waals surface area contributed by atoms with Crippen LogP contribution < -0.4 is 14.9 Å². The van der Waals surface area contributed by atoms with E-state index in [-0.39, 0.29) is 19.0 Å². The lowest BCUT2D eigenvalue weighted by Crippen LogP contribution is -2.17. The second-order valence-corrected chi connectivity index (χ2v) is 9.40. The smallest absolute Gasteiger partial charge is 0.344 e. The molecule has 8 nitrogen and oxygen atoms in total. The van der Waals surface area contributed by atoms with Crippen molar-refractivity contribution in [1.82, 2.24) is 5.43 Å². The van der Waals surface area contributed by atoms with Gasteiger partial charge in [0.15, 0.2) is 23.9 Å². The zero-order valence-electron chi connectivity index (χ0n) is 17.6. The lowest BCUT2D eigenvalue weighted by Gasteiger charge is -2.13. The minimum absolute atomic E-state index is 0.148. The van der Waals surface area contributed by atoms with Gasteiger partial charge in [0.25, 0.3) is 0 Å². The quantitative estimate of drug-likeness (QED) is 0.134. The zero-order valence-corrected chi connectivity index (χ0v) is 22.9. The van der Waals surface area contributed by atoms with Gasteiger partial charge in [0.05, 0.1) is 23.0 Å². The van der Waals surface area contributed by atoms with Crippen LogP contribution in [0.15, 0.2) is 48.8 Å². The van der Waals surface area contributed by atoms with Gasteiger partial charge in [-0.05, 0) is 82.7 Å². The van der Waals surface area contributed by atoms with Crippen molar-refractivity contribution in [2.45, 2.75) is 13.8 Å². The lowest BCUT2D eigenvalue weighted by molar-refractivity contribution is -0.145. The average Bonchev–Trinajstić information content (AvgIpc) is 3.19. The molecule has 0 atom stereocenters. The molecule has 3 aromatic rings. The molecule has 174 valence electrons. The van der Waals surface area contributed by atoms with E-state index in [0.717, 1.165) is 13.4 Å². The maximum Gasteiger partial charge on any atom is 0.344 e. The number of esters is 1. The third-order valence-electron chi connectivity index (χ3n) is 4.14. The van der Waals surface area contributed by atoms with Crippen molar-refractivity contribution in [3.05, 3.63) is 54.2 Å². The predicted octanol–water partition coefficient (Wildman–Crippen LogP) is 5.67. The molecule has 0 bridgehead atoms. The van der Waals surface area contributed by atoms with E-state index in [4.69, 9.17) is 18.6 Å². The molecule has 0 aliphatic carbocycles. The van der Waals surface area contributed by atoms with E-state index < -0.39 is 11.9 Å². The second-order valence-electron chi connectivity index (χ2n) is 6.46. The fourth-order valence-corrected chi connectivity index (χ4v) is 4.86. The summed E-state index contributed by atoms with van der Waals surface area (Å²) in [5.41, 5.74) is 3.72. The van der Waals surface area contributed by atoms with Crippen LogP contribution in [0, 0.1) is 3.57 Å². The van der Waals surface area contributed by atoms with Crippen LogP contribution >= 0.6 is 54.5 Å². The summed E-state index contributed by atoms with van der Waals surface area (Å²) in [6, 6.07) is 8.78. The van der Waals surface area contributed by atoms with Gasteiger partial charge in [-0.15, -0.1) is 0 Å². The number of carbonyl (C=O) groups is 2. The van der Waals surface area contributed by atoms with Crippen molar-refractivity contribution in [2.24, 2.45) is 5.10 Å². The molecular formula is C22H19Br2IN2O6. The molecule has 0 spiro atoms. The van der Waals surface area contributed by atoms with Crippen molar-refractivity contribution >= 4 is 83.5 Å². The molecule has 0 fully saturated rings. The minimum atomic E-state index is -0.482. The van der Waals surface area contributed by atoms with E-state index in [0.29, 0.717) is 33.7 Å². The molecule has 0 radical (unpaired) electrons. The van der Waals surface area contributed by atoms with Crippen LogP contribution in [0.1, 0.15) is 30.0 Å².